The maximum atomic E-state index is 12.9. The minimum absolute atomic E-state index is 0.0279. The molecule has 0 aromatic carbocycles. The molecular formula is C21H19F3N4OS. The largest absolute Gasteiger partial charge is 0.406 e. The van der Waals surface area contributed by atoms with Gasteiger partial charge in [-0.15, -0.1) is 11.8 Å². The van der Waals surface area contributed by atoms with Crippen molar-refractivity contribution in [1.82, 2.24) is 9.97 Å². The summed E-state index contributed by atoms with van der Waals surface area (Å²) in [6.07, 6.45) is 0.587. The molecule has 30 heavy (non-hydrogen) atoms. The van der Waals surface area contributed by atoms with Crippen LogP contribution >= 0.6 is 11.8 Å². The van der Waals surface area contributed by atoms with Crippen LogP contribution in [0.1, 0.15) is 37.3 Å². The molecule has 0 spiro atoms. The summed E-state index contributed by atoms with van der Waals surface area (Å²) >= 11 is 1.59. The molecule has 0 unspecified atom stereocenters. The molecule has 2 aliphatic rings. The van der Waals surface area contributed by atoms with Crippen molar-refractivity contribution in [2.24, 2.45) is 0 Å². The smallest absolute Gasteiger partial charge is 0.302 e. The summed E-state index contributed by atoms with van der Waals surface area (Å²) in [6, 6.07) is 6.08. The van der Waals surface area contributed by atoms with E-state index in [2.05, 4.69) is 16.0 Å². The number of alkyl halides is 3. The fourth-order valence-corrected chi connectivity index (χ4v) is 4.50. The molecule has 0 atom stereocenters. The second-order valence-corrected chi connectivity index (χ2v) is 8.80. The zero-order chi connectivity index (χ0) is 21.5. The molecule has 2 aromatic rings. The Labute approximate surface area is 176 Å². The molecule has 0 N–H and O–H groups in total. The predicted molar refractivity (Wildman–Crippen MR) is 107 cm³/mol. The molecule has 9 heteroatoms. The van der Waals surface area contributed by atoms with Gasteiger partial charge in [0.15, 0.2) is 0 Å². The molecule has 5 nitrogen and oxygen atoms in total. The fourth-order valence-electron chi connectivity index (χ4n) is 3.68. The van der Waals surface area contributed by atoms with E-state index in [0.29, 0.717) is 23.4 Å². The zero-order valence-corrected chi connectivity index (χ0v) is 17.1. The molecule has 1 fully saturated rings. The summed E-state index contributed by atoms with van der Waals surface area (Å²) < 4.78 is 38.7. The van der Waals surface area contributed by atoms with Gasteiger partial charge >= 0.3 is 6.18 Å². The Morgan fingerprint density at radius 2 is 2.00 bits per heavy atom. The van der Waals surface area contributed by atoms with E-state index in [1.54, 1.807) is 24.0 Å². The molecule has 1 aliphatic carbocycles. The van der Waals surface area contributed by atoms with Crippen molar-refractivity contribution in [1.29, 1.82) is 5.26 Å². The first-order valence-electron chi connectivity index (χ1n) is 9.67. The number of carbonyl (C=O) groups excluding carboxylic acids is 1. The molecule has 0 saturated heterocycles. The highest BCUT2D eigenvalue weighted by atomic mass is 32.2. The molecule has 1 saturated carbocycles. The number of aromatic nitrogens is 2. The van der Waals surface area contributed by atoms with Crippen molar-refractivity contribution < 1.29 is 18.0 Å². The Morgan fingerprint density at radius 3 is 2.63 bits per heavy atom. The van der Waals surface area contributed by atoms with Crippen LogP contribution in [0.4, 0.5) is 18.9 Å². The third kappa shape index (κ3) is 3.88. The number of anilines is 1. The number of thioether (sulfide) groups is 1. The quantitative estimate of drug-likeness (QED) is 0.643. The maximum Gasteiger partial charge on any atom is 0.406 e. The lowest BCUT2D eigenvalue weighted by Gasteiger charge is -2.30. The number of amides is 1. The van der Waals surface area contributed by atoms with Crippen LogP contribution in [0.25, 0.3) is 11.4 Å². The predicted octanol–water partition coefficient (Wildman–Crippen LogP) is 4.65. The van der Waals surface area contributed by atoms with Crippen LogP contribution in [0.2, 0.25) is 0 Å². The first-order chi connectivity index (χ1) is 14.3. The van der Waals surface area contributed by atoms with E-state index >= 15 is 0 Å². The second kappa shape index (κ2) is 7.58. The van der Waals surface area contributed by atoms with Crippen molar-refractivity contribution in [3.8, 4) is 17.5 Å². The van der Waals surface area contributed by atoms with Gasteiger partial charge in [-0.05, 0) is 48.3 Å². The number of hydrogen-bond donors (Lipinski definition) is 0. The molecule has 2 aromatic heterocycles. The normalized spacial score (nSPS) is 17.4. The number of halogens is 3. The van der Waals surface area contributed by atoms with E-state index < -0.39 is 24.0 Å². The molecule has 1 amide bonds. The van der Waals surface area contributed by atoms with Gasteiger partial charge in [-0.1, -0.05) is 6.92 Å². The van der Waals surface area contributed by atoms with Crippen molar-refractivity contribution in [3.05, 3.63) is 35.7 Å². The van der Waals surface area contributed by atoms with Crippen molar-refractivity contribution >= 4 is 23.4 Å². The topological polar surface area (TPSA) is 69.9 Å². The molecular weight excluding hydrogens is 413 g/mol. The molecule has 4 rings (SSSR count). The third-order valence-corrected chi connectivity index (χ3v) is 6.33. The maximum absolute atomic E-state index is 12.9. The number of nitrogens with zero attached hydrogens (tertiary/aromatic N) is 4. The molecule has 3 heterocycles. The van der Waals surface area contributed by atoms with Gasteiger partial charge in [0.1, 0.15) is 12.2 Å². The Kier molecular flexibility index (Phi) is 5.22. The standard InChI is InChI=1S/C21H19F3N4OS/c1-2-30-17-8-14(20(11-25)5-6-20)9-27-19(17)15-7-13-3-4-18(29)28(12-21(22,23)24)16(13)10-26-15/h7-10H,2-6,12H2,1H3. The fraction of sp³-hybridized carbons (Fsp3) is 0.429. The minimum atomic E-state index is -4.48. The third-order valence-electron chi connectivity index (χ3n) is 5.42. The average molecular weight is 432 g/mol. The highest BCUT2D eigenvalue weighted by Gasteiger charge is 2.45. The van der Waals surface area contributed by atoms with Gasteiger partial charge in [-0.25, -0.2) is 0 Å². The van der Waals surface area contributed by atoms with Gasteiger partial charge in [0.25, 0.3) is 0 Å². The first kappa shape index (κ1) is 20.7. The summed E-state index contributed by atoms with van der Waals surface area (Å²) in [6.45, 7) is 0.694. The van der Waals surface area contributed by atoms with Gasteiger partial charge < -0.3 is 4.90 Å². The second-order valence-electron chi connectivity index (χ2n) is 7.49. The SMILES string of the molecule is CCSc1cc(C2(C#N)CC2)cnc1-c1cc2c(cn1)N(CC(F)(F)F)C(=O)CC2. The Balaban J connectivity index is 1.72. The number of carbonyl (C=O) groups is 1. The Bertz CT molecular complexity index is 1040. The van der Waals surface area contributed by atoms with E-state index in [4.69, 9.17) is 0 Å². The number of fused-ring (bicyclic) bond motifs is 1. The number of aryl methyl sites for hydroxylation is 1. The highest BCUT2D eigenvalue weighted by molar-refractivity contribution is 7.99. The minimum Gasteiger partial charge on any atom is -0.302 e. The average Bonchev–Trinajstić information content (AvgIpc) is 3.51. The van der Waals surface area contributed by atoms with Gasteiger partial charge in [-0.3, -0.25) is 14.8 Å². The van der Waals surface area contributed by atoms with Crippen LogP contribution < -0.4 is 4.90 Å². The van der Waals surface area contributed by atoms with Crippen LogP contribution in [0.3, 0.4) is 0 Å². The van der Waals surface area contributed by atoms with Crippen molar-refractivity contribution in [2.45, 2.75) is 49.1 Å². The molecule has 1 aliphatic heterocycles. The van der Waals surface area contributed by atoms with E-state index in [9.17, 15) is 23.2 Å². The molecule has 0 bridgehead atoms. The number of pyridine rings is 2. The summed E-state index contributed by atoms with van der Waals surface area (Å²) in [4.78, 5) is 22.6. The lowest BCUT2D eigenvalue weighted by atomic mass is 9.98. The van der Waals surface area contributed by atoms with Crippen LogP contribution in [0.5, 0.6) is 0 Å². The molecule has 156 valence electrons. The first-order valence-corrected chi connectivity index (χ1v) is 10.7. The van der Waals surface area contributed by atoms with Crippen LogP contribution in [-0.2, 0) is 16.6 Å². The summed E-state index contributed by atoms with van der Waals surface area (Å²) in [5.41, 5.74) is 2.49. The highest BCUT2D eigenvalue weighted by Crippen LogP contribution is 2.48. The summed E-state index contributed by atoms with van der Waals surface area (Å²) in [5.74, 6) is 0.251. The Hall–Kier alpha value is -2.60. The number of nitriles is 1. The van der Waals surface area contributed by atoms with Gasteiger partial charge in [0.2, 0.25) is 5.91 Å². The van der Waals surface area contributed by atoms with Crippen molar-refractivity contribution in [2.75, 3.05) is 17.2 Å². The Morgan fingerprint density at radius 1 is 1.23 bits per heavy atom. The van der Waals surface area contributed by atoms with E-state index in [1.165, 1.54) is 6.20 Å². The van der Waals surface area contributed by atoms with E-state index in [1.807, 2.05) is 13.0 Å². The van der Waals surface area contributed by atoms with Crippen LogP contribution in [0, 0.1) is 11.3 Å². The van der Waals surface area contributed by atoms with Gasteiger partial charge in [0, 0.05) is 17.5 Å². The van der Waals surface area contributed by atoms with Crippen LogP contribution in [-0.4, -0.2) is 34.3 Å². The monoisotopic (exact) mass is 432 g/mol. The summed E-state index contributed by atoms with van der Waals surface area (Å²) in [7, 11) is 0. The van der Waals surface area contributed by atoms with Gasteiger partial charge in [-0.2, -0.15) is 18.4 Å². The lowest BCUT2D eigenvalue weighted by Crippen LogP contribution is -2.41. The number of hydrogen-bond acceptors (Lipinski definition) is 5. The van der Waals surface area contributed by atoms with E-state index in [-0.39, 0.29) is 12.1 Å². The van der Waals surface area contributed by atoms with Gasteiger partial charge in [0.05, 0.1) is 29.1 Å². The number of rotatable bonds is 5. The summed E-state index contributed by atoms with van der Waals surface area (Å²) in [5, 5.41) is 9.47. The molecule has 0 radical (unpaired) electrons. The van der Waals surface area contributed by atoms with E-state index in [0.717, 1.165) is 34.0 Å². The lowest BCUT2D eigenvalue weighted by molar-refractivity contribution is -0.132. The zero-order valence-electron chi connectivity index (χ0n) is 16.3. The van der Waals surface area contributed by atoms with Crippen LogP contribution in [0.15, 0.2) is 29.4 Å². The van der Waals surface area contributed by atoms with Crippen molar-refractivity contribution in [3.63, 3.8) is 0 Å².